The molecule has 0 saturated carbocycles. The average Bonchev–Trinajstić information content (AvgIpc) is 3.46. The summed E-state index contributed by atoms with van der Waals surface area (Å²) in [5.74, 6) is 0.716. The van der Waals surface area contributed by atoms with E-state index in [-0.39, 0.29) is 5.56 Å². The Hall–Kier alpha value is -4.04. The highest BCUT2D eigenvalue weighted by Gasteiger charge is 2.13. The second-order valence-corrected chi connectivity index (χ2v) is 7.76. The van der Waals surface area contributed by atoms with Crippen LogP contribution in [0.4, 0.5) is 0 Å². The molecule has 0 aliphatic heterocycles. The Morgan fingerprint density at radius 3 is 2.62 bits per heavy atom. The van der Waals surface area contributed by atoms with Crippen LogP contribution in [0.2, 0.25) is 5.02 Å². The van der Waals surface area contributed by atoms with Crippen molar-refractivity contribution in [2.75, 3.05) is 0 Å². The van der Waals surface area contributed by atoms with Gasteiger partial charge in [0.2, 0.25) is 0 Å². The lowest BCUT2D eigenvalue weighted by Crippen LogP contribution is -2.20. The van der Waals surface area contributed by atoms with Gasteiger partial charge in [-0.25, -0.2) is 4.98 Å². The SMILES string of the molecule is Cc1[nH]c(Cn2ccc(-c3cc(Cl)ccc3-n3cnnn3)cc2=O)nc1-c1ccccc1. The number of rotatable bonds is 5. The number of aryl methyl sites for hydroxylation is 1. The van der Waals surface area contributed by atoms with E-state index in [0.717, 1.165) is 33.8 Å². The Kier molecular flexibility index (Phi) is 5.12. The minimum atomic E-state index is -0.152. The van der Waals surface area contributed by atoms with E-state index >= 15 is 0 Å². The molecule has 0 radical (unpaired) electrons. The number of pyridine rings is 1. The molecule has 0 spiro atoms. The maximum atomic E-state index is 12.9. The number of hydrogen-bond donors (Lipinski definition) is 1. The van der Waals surface area contributed by atoms with Crippen molar-refractivity contribution in [1.29, 1.82) is 0 Å². The third kappa shape index (κ3) is 3.83. The Labute approximate surface area is 188 Å². The van der Waals surface area contributed by atoms with Gasteiger partial charge in [0, 0.05) is 34.1 Å². The first-order valence-corrected chi connectivity index (χ1v) is 10.3. The number of hydrogen-bond acceptors (Lipinski definition) is 5. The van der Waals surface area contributed by atoms with Crippen molar-refractivity contribution < 1.29 is 0 Å². The molecule has 0 aliphatic rings. The smallest absolute Gasteiger partial charge is 0.251 e. The van der Waals surface area contributed by atoms with Crippen molar-refractivity contribution in [3.8, 4) is 28.1 Å². The molecule has 0 fully saturated rings. The van der Waals surface area contributed by atoms with Crippen LogP contribution in [0.1, 0.15) is 11.5 Å². The number of nitrogens with zero attached hydrogens (tertiary/aromatic N) is 6. The maximum Gasteiger partial charge on any atom is 0.251 e. The molecule has 0 amide bonds. The summed E-state index contributed by atoms with van der Waals surface area (Å²) in [6.45, 7) is 2.31. The van der Waals surface area contributed by atoms with Gasteiger partial charge >= 0.3 is 0 Å². The summed E-state index contributed by atoms with van der Waals surface area (Å²) in [7, 11) is 0. The monoisotopic (exact) mass is 443 g/mol. The van der Waals surface area contributed by atoms with Gasteiger partial charge in [0.15, 0.2) is 0 Å². The number of H-pyrrole nitrogens is 1. The number of aromatic nitrogens is 7. The lowest BCUT2D eigenvalue weighted by molar-refractivity contribution is 0.724. The molecule has 8 nitrogen and oxygen atoms in total. The molecule has 1 N–H and O–H groups in total. The largest absolute Gasteiger partial charge is 0.344 e. The van der Waals surface area contributed by atoms with Gasteiger partial charge in [-0.05, 0) is 47.2 Å². The zero-order valence-corrected chi connectivity index (χ0v) is 17.9. The van der Waals surface area contributed by atoms with E-state index < -0.39 is 0 Å². The molecule has 0 unspecified atom stereocenters. The first kappa shape index (κ1) is 19.9. The van der Waals surface area contributed by atoms with Gasteiger partial charge in [0.25, 0.3) is 5.56 Å². The molecule has 158 valence electrons. The molecule has 3 aromatic heterocycles. The lowest BCUT2D eigenvalue weighted by Gasteiger charge is -2.11. The molecule has 2 aromatic carbocycles. The quantitative estimate of drug-likeness (QED) is 0.444. The number of halogens is 1. The van der Waals surface area contributed by atoms with E-state index in [2.05, 4.69) is 20.5 Å². The third-order valence-electron chi connectivity index (χ3n) is 5.16. The normalized spacial score (nSPS) is 11.1. The summed E-state index contributed by atoms with van der Waals surface area (Å²) in [6, 6.07) is 18.8. The van der Waals surface area contributed by atoms with Crippen molar-refractivity contribution in [2.45, 2.75) is 13.5 Å². The van der Waals surface area contributed by atoms with Crippen LogP contribution in [0.5, 0.6) is 0 Å². The van der Waals surface area contributed by atoms with E-state index in [1.165, 1.54) is 11.0 Å². The molecule has 0 bridgehead atoms. The molecule has 0 saturated heterocycles. The van der Waals surface area contributed by atoms with Crippen molar-refractivity contribution in [1.82, 2.24) is 34.7 Å². The van der Waals surface area contributed by atoms with E-state index in [9.17, 15) is 4.79 Å². The second-order valence-electron chi connectivity index (χ2n) is 7.32. The number of nitrogens with one attached hydrogen (secondary N) is 1. The summed E-state index contributed by atoms with van der Waals surface area (Å²) >= 11 is 6.22. The molecule has 3 heterocycles. The molecule has 0 atom stereocenters. The van der Waals surface area contributed by atoms with E-state index in [1.54, 1.807) is 29.0 Å². The number of imidazole rings is 1. The zero-order valence-electron chi connectivity index (χ0n) is 17.1. The van der Waals surface area contributed by atoms with E-state index in [1.807, 2.05) is 49.4 Å². The molecular weight excluding hydrogens is 426 g/mol. The van der Waals surface area contributed by atoms with Crippen LogP contribution in [0.3, 0.4) is 0 Å². The second kappa shape index (κ2) is 8.24. The Morgan fingerprint density at radius 2 is 1.88 bits per heavy atom. The molecule has 0 aliphatic carbocycles. The van der Waals surface area contributed by atoms with E-state index in [0.29, 0.717) is 17.4 Å². The van der Waals surface area contributed by atoms with Crippen LogP contribution in [0, 0.1) is 6.92 Å². The standard InChI is InChI=1S/C23H18ClN7O/c1-15-23(16-5-3-2-4-6-16)27-21(26-15)13-30-10-9-17(11-22(30)32)19-12-18(24)7-8-20(19)31-14-25-28-29-31/h2-12,14H,13H2,1H3,(H,26,27). The highest BCUT2D eigenvalue weighted by molar-refractivity contribution is 6.31. The van der Waals surface area contributed by atoms with Crippen molar-refractivity contribution in [3.05, 3.63) is 100 Å². The van der Waals surface area contributed by atoms with Crippen LogP contribution >= 0.6 is 11.6 Å². The summed E-state index contributed by atoms with van der Waals surface area (Å²) in [6.07, 6.45) is 3.25. The topological polar surface area (TPSA) is 94.3 Å². The number of benzene rings is 2. The zero-order chi connectivity index (χ0) is 22.1. The average molecular weight is 444 g/mol. The predicted octanol–water partition coefficient (Wildman–Crippen LogP) is 3.89. The van der Waals surface area contributed by atoms with Crippen molar-refractivity contribution in [3.63, 3.8) is 0 Å². The lowest BCUT2D eigenvalue weighted by atomic mass is 10.0. The van der Waals surface area contributed by atoms with Gasteiger partial charge in [-0.15, -0.1) is 5.10 Å². The minimum Gasteiger partial charge on any atom is -0.344 e. The third-order valence-corrected chi connectivity index (χ3v) is 5.40. The molecule has 5 rings (SSSR count). The van der Waals surface area contributed by atoms with Crippen LogP contribution in [0.15, 0.2) is 78.0 Å². The van der Waals surface area contributed by atoms with Crippen LogP contribution in [-0.2, 0) is 6.54 Å². The molecular formula is C23H18ClN7O. The van der Waals surface area contributed by atoms with E-state index in [4.69, 9.17) is 16.6 Å². The van der Waals surface area contributed by atoms with Gasteiger partial charge in [0.1, 0.15) is 12.2 Å². The Morgan fingerprint density at radius 1 is 1.03 bits per heavy atom. The summed E-state index contributed by atoms with van der Waals surface area (Å²) in [4.78, 5) is 20.9. The highest BCUT2D eigenvalue weighted by Crippen LogP contribution is 2.28. The van der Waals surface area contributed by atoms with Gasteiger partial charge in [0.05, 0.1) is 17.9 Å². The van der Waals surface area contributed by atoms with Crippen LogP contribution in [-0.4, -0.2) is 34.7 Å². The molecule has 9 heteroatoms. The fourth-order valence-corrected chi connectivity index (χ4v) is 3.82. The minimum absolute atomic E-state index is 0.152. The van der Waals surface area contributed by atoms with Crippen LogP contribution in [0.25, 0.3) is 28.1 Å². The fraction of sp³-hybridized carbons (Fsp3) is 0.0870. The number of tetrazole rings is 1. The molecule has 5 aromatic rings. The highest BCUT2D eigenvalue weighted by atomic mass is 35.5. The molecule has 32 heavy (non-hydrogen) atoms. The summed E-state index contributed by atoms with van der Waals surface area (Å²) in [5, 5.41) is 11.9. The predicted molar refractivity (Wildman–Crippen MR) is 122 cm³/mol. The van der Waals surface area contributed by atoms with Gasteiger partial charge < -0.3 is 9.55 Å². The first-order chi connectivity index (χ1) is 15.6. The van der Waals surface area contributed by atoms with Gasteiger partial charge in [-0.2, -0.15) is 4.68 Å². The summed E-state index contributed by atoms with van der Waals surface area (Å²) in [5.41, 5.74) is 4.93. The van der Waals surface area contributed by atoms with Gasteiger partial charge in [-0.3, -0.25) is 4.79 Å². The van der Waals surface area contributed by atoms with Crippen LogP contribution < -0.4 is 5.56 Å². The van der Waals surface area contributed by atoms with Crippen molar-refractivity contribution >= 4 is 11.6 Å². The Balaban J connectivity index is 1.47. The number of aromatic amines is 1. The summed E-state index contributed by atoms with van der Waals surface area (Å²) < 4.78 is 3.14. The first-order valence-electron chi connectivity index (χ1n) is 9.93. The van der Waals surface area contributed by atoms with Gasteiger partial charge in [-0.1, -0.05) is 41.9 Å². The fourth-order valence-electron chi connectivity index (χ4n) is 3.65. The Bertz CT molecular complexity index is 1440. The maximum absolute atomic E-state index is 12.9. The van der Waals surface area contributed by atoms with Crippen molar-refractivity contribution in [2.24, 2.45) is 0 Å².